The van der Waals surface area contributed by atoms with Gasteiger partial charge in [0, 0.05) is 12.8 Å². The van der Waals surface area contributed by atoms with Crippen LogP contribution in [0.3, 0.4) is 0 Å². The van der Waals surface area contributed by atoms with E-state index < -0.39 is 0 Å². The third kappa shape index (κ3) is 7.25. The highest BCUT2D eigenvalue weighted by Crippen LogP contribution is 1.87. The average Bonchev–Trinajstić information content (AvgIpc) is 2.10. The monoisotopic (exact) mass is 181 g/mol. The fourth-order valence-electron chi connectivity index (χ4n) is 0.676. The Morgan fingerprint density at radius 3 is 2.69 bits per heavy atom. The molecule has 0 aromatic carbocycles. The molecule has 0 unspecified atom stereocenters. The molecule has 0 aliphatic rings. The van der Waals surface area contributed by atoms with Crippen LogP contribution >= 0.6 is 0 Å². The van der Waals surface area contributed by atoms with Crippen molar-refractivity contribution in [2.24, 2.45) is 11.0 Å². The van der Waals surface area contributed by atoms with Gasteiger partial charge in [-0.3, -0.25) is 0 Å². The van der Waals surface area contributed by atoms with Gasteiger partial charge in [0.1, 0.15) is 5.71 Å². The molecular formula is C10H19N3. The lowest BCUT2D eigenvalue weighted by molar-refractivity contribution is 0.571. The Labute approximate surface area is 80.4 Å². The molecular weight excluding hydrogens is 162 g/mol. The topological polar surface area (TPSA) is 48.2 Å². The molecule has 74 valence electrons. The number of nitrogens with zero attached hydrogens (tertiary/aromatic N) is 1. The van der Waals surface area contributed by atoms with Crippen LogP contribution in [0.25, 0.3) is 0 Å². The van der Waals surface area contributed by atoms with Gasteiger partial charge in [0.15, 0.2) is 0 Å². The summed E-state index contributed by atoms with van der Waals surface area (Å²) in [6.45, 7) is 7.14. The van der Waals surface area contributed by atoms with Crippen molar-refractivity contribution in [3.05, 3.63) is 12.2 Å². The van der Waals surface area contributed by atoms with E-state index in [9.17, 15) is 0 Å². The SMILES string of the molecule is CCC=C/C(C=N)=N/NCC(C)C. The standard InChI is InChI=1S/C10H19N3/c1-4-5-6-10(7-11)13-12-8-9(2)3/h5-7,9,11-12H,4,8H2,1-3H3/b6-5?,11-7?,13-10-. The largest absolute Gasteiger partial charge is 0.309 e. The summed E-state index contributed by atoms with van der Waals surface area (Å²) in [5.41, 5.74) is 3.60. The van der Waals surface area contributed by atoms with Gasteiger partial charge in [-0.05, 0) is 18.4 Å². The fourth-order valence-corrected chi connectivity index (χ4v) is 0.676. The second-order valence-corrected chi connectivity index (χ2v) is 3.25. The maximum atomic E-state index is 7.08. The number of allylic oxidation sites excluding steroid dienone is 2. The van der Waals surface area contributed by atoms with E-state index >= 15 is 0 Å². The number of hydrazone groups is 1. The number of nitrogens with one attached hydrogen (secondary N) is 2. The number of hydrogen-bond acceptors (Lipinski definition) is 3. The van der Waals surface area contributed by atoms with Crippen molar-refractivity contribution in [3.63, 3.8) is 0 Å². The van der Waals surface area contributed by atoms with Crippen LogP contribution < -0.4 is 5.43 Å². The van der Waals surface area contributed by atoms with Crippen LogP contribution in [0.15, 0.2) is 17.3 Å². The first-order chi connectivity index (χ1) is 6.20. The second-order valence-electron chi connectivity index (χ2n) is 3.25. The van der Waals surface area contributed by atoms with Crippen molar-refractivity contribution in [1.82, 2.24) is 5.43 Å². The summed E-state index contributed by atoms with van der Waals surface area (Å²) in [6.07, 6.45) is 6.05. The first kappa shape index (κ1) is 11.9. The van der Waals surface area contributed by atoms with Crippen molar-refractivity contribution < 1.29 is 0 Å². The molecule has 0 saturated heterocycles. The van der Waals surface area contributed by atoms with E-state index in [-0.39, 0.29) is 0 Å². The van der Waals surface area contributed by atoms with Crippen LogP contribution in [0.2, 0.25) is 0 Å². The molecule has 0 aliphatic carbocycles. The van der Waals surface area contributed by atoms with Gasteiger partial charge in [-0.25, -0.2) is 0 Å². The Balaban J connectivity index is 3.92. The summed E-state index contributed by atoms with van der Waals surface area (Å²) < 4.78 is 0. The van der Waals surface area contributed by atoms with E-state index in [4.69, 9.17) is 5.41 Å². The Hall–Kier alpha value is -1.12. The average molecular weight is 181 g/mol. The van der Waals surface area contributed by atoms with Crippen LogP contribution in [0.4, 0.5) is 0 Å². The Morgan fingerprint density at radius 1 is 1.54 bits per heavy atom. The summed E-state index contributed by atoms with van der Waals surface area (Å²) in [6, 6.07) is 0. The smallest absolute Gasteiger partial charge is 0.100 e. The molecule has 3 nitrogen and oxygen atoms in total. The lowest BCUT2D eigenvalue weighted by Gasteiger charge is -2.03. The first-order valence-corrected chi connectivity index (χ1v) is 4.68. The van der Waals surface area contributed by atoms with Crippen molar-refractivity contribution in [1.29, 1.82) is 5.41 Å². The van der Waals surface area contributed by atoms with Crippen LogP contribution in [-0.2, 0) is 0 Å². The van der Waals surface area contributed by atoms with Crippen LogP contribution in [0.1, 0.15) is 27.2 Å². The van der Waals surface area contributed by atoms with Crippen molar-refractivity contribution in [2.45, 2.75) is 27.2 Å². The normalized spacial score (nSPS) is 12.5. The van der Waals surface area contributed by atoms with Crippen LogP contribution in [0.5, 0.6) is 0 Å². The van der Waals surface area contributed by atoms with Gasteiger partial charge in [0.05, 0.1) is 0 Å². The van der Waals surface area contributed by atoms with E-state index in [1.165, 1.54) is 6.21 Å². The zero-order valence-electron chi connectivity index (χ0n) is 8.67. The van der Waals surface area contributed by atoms with Gasteiger partial charge in [-0.15, -0.1) is 0 Å². The molecule has 0 bridgehead atoms. The Bertz CT molecular complexity index is 192. The Morgan fingerprint density at radius 2 is 2.23 bits per heavy atom. The van der Waals surface area contributed by atoms with Crippen LogP contribution in [0, 0.1) is 11.3 Å². The van der Waals surface area contributed by atoms with Gasteiger partial charge in [-0.2, -0.15) is 5.10 Å². The summed E-state index contributed by atoms with van der Waals surface area (Å²) >= 11 is 0. The molecule has 0 aromatic heterocycles. The van der Waals surface area contributed by atoms with Gasteiger partial charge in [0.2, 0.25) is 0 Å². The summed E-state index contributed by atoms with van der Waals surface area (Å²) in [5, 5.41) is 11.1. The highest BCUT2D eigenvalue weighted by atomic mass is 15.3. The molecule has 0 saturated carbocycles. The number of rotatable bonds is 6. The molecule has 3 heteroatoms. The van der Waals surface area contributed by atoms with Gasteiger partial charge in [0.25, 0.3) is 0 Å². The van der Waals surface area contributed by atoms with E-state index in [2.05, 4.69) is 31.3 Å². The summed E-state index contributed by atoms with van der Waals surface area (Å²) in [5.74, 6) is 0.575. The lowest BCUT2D eigenvalue weighted by atomic mass is 10.2. The first-order valence-electron chi connectivity index (χ1n) is 4.68. The molecule has 0 atom stereocenters. The summed E-state index contributed by atoms with van der Waals surface area (Å²) in [4.78, 5) is 0. The summed E-state index contributed by atoms with van der Waals surface area (Å²) in [7, 11) is 0. The van der Waals surface area contributed by atoms with Gasteiger partial charge < -0.3 is 10.8 Å². The van der Waals surface area contributed by atoms with E-state index in [1.807, 2.05) is 12.2 Å². The van der Waals surface area contributed by atoms with E-state index in [0.29, 0.717) is 11.6 Å². The van der Waals surface area contributed by atoms with Crippen LogP contribution in [-0.4, -0.2) is 18.5 Å². The number of hydrogen-bond donors (Lipinski definition) is 2. The molecule has 0 rings (SSSR count). The third-order valence-corrected chi connectivity index (χ3v) is 1.38. The van der Waals surface area contributed by atoms with E-state index in [1.54, 1.807) is 0 Å². The minimum Gasteiger partial charge on any atom is -0.309 e. The fraction of sp³-hybridized carbons (Fsp3) is 0.600. The van der Waals surface area contributed by atoms with Gasteiger partial charge >= 0.3 is 0 Å². The minimum absolute atomic E-state index is 0.575. The maximum Gasteiger partial charge on any atom is 0.100 e. The van der Waals surface area contributed by atoms with Crippen molar-refractivity contribution >= 4 is 11.9 Å². The Kier molecular flexibility index (Phi) is 6.88. The maximum absolute atomic E-state index is 7.08. The minimum atomic E-state index is 0.575. The van der Waals surface area contributed by atoms with Crippen molar-refractivity contribution in [3.8, 4) is 0 Å². The highest BCUT2D eigenvalue weighted by molar-refractivity contribution is 6.34. The zero-order valence-corrected chi connectivity index (χ0v) is 8.67. The molecule has 2 N–H and O–H groups in total. The predicted molar refractivity (Wildman–Crippen MR) is 58.5 cm³/mol. The zero-order chi connectivity index (χ0) is 10.1. The third-order valence-electron chi connectivity index (χ3n) is 1.38. The molecule has 0 spiro atoms. The molecule has 0 heterocycles. The molecule has 0 aliphatic heterocycles. The quantitative estimate of drug-likeness (QED) is 0.479. The van der Waals surface area contributed by atoms with Crippen molar-refractivity contribution in [2.75, 3.05) is 6.54 Å². The van der Waals surface area contributed by atoms with E-state index in [0.717, 1.165) is 13.0 Å². The highest BCUT2D eigenvalue weighted by Gasteiger charge is 1.90. The second kappa shape index (κ2) is 7.53. The van der Waals surface area contributed by atoms with Gasteiger partial charge in [-0.1, -0.05) is 26.8 Å². The molecule has 13 heavy (non-hydrogen) atoms. The lowest BCUT2D eigenvalue weighted by Crippen LogP contribution is -2.15. The molecule has 0 amide bonds. The molecule has 0 aromatic rings. The molecule has 0 fully saturated rings. The predicted octanol–water partition coefficient (Wildman–Crippen LogP) is 2.20. The molecule has 0 radical (unpaired) electrons.